The van der Waals surface area contributed by atoms with Crippen molar-refractivity contribution in [1.29, 1.82) is 0 Å². The third-order valence-electron chi connectivity index (χ3n) is 7.55. The van der Waals surface area contributed by atoms with E-state index in [-0.39, 0.29) is 28.5 Å². The number of fused-ring (bicyclic) bond motifs is 1. The number of amides is 2. The van der Waals surface area contributed by atoms with Crippen molar-refractivity contribution in [3.05, 3.63) is 59.9 Å². The van der Waals surface area contributed by atoms with Gasteiger partial charge in [0, 0.05) is 37.8 Å². The molecule has 5 rings (SSSR count). The van der Waals surface area contributed by atoms with E-state index in [1.54, 1.807) is 37.4 Å². The van der Waals surface area contributed by atoms with Gasteiger partial charge in [0.05, 0.1) is 18.4 Å². The minimum absolute atomic E-state index is 0.0314. The Morgan fingerprint density at radius 2 is 1.67 bits per heavy atom. The molecule has 2 fully saturated rings. The monoisotopic (exact) mass is 510 g/mol. The minimum Gasteiger partial charge on any atom is -0.493 e. The first-order valence-electron chi connectivity index (χ1n) is 12.1. The summed E-state index contributed by atoms with van der Waals surface area (Å²) in [6, 6.07) is 13.9. The fourth-order valence-electron chi connectivity index (χ4n) is 5.34. The Morgan fingerprint density at radius 1 is 1.00 bits per heavy atom. The summed E-state index contributed by atoms with van der Waals surface area (Å²) < 4.78 is 34.5. The number of ether oxygens (including phenoxy) is 1. The summed E-state index contributed by atoms with van der Waals surface area (Å²) in [6.45, 7) is 2.65. The summed E-state index contributed by atoms with van der Waals surface area (Å²) in [6.07, 6.45) is 4.03. The Hall–Kier alpha value is -3.33. The number of nitrogens with zero attached hydrogens (tertiary/aromatic N) is 2. The van der Waals surface area contributed by atoms with E-state index in [1.807, 2.05) is 28.0 Å². The first-order chi connectivity index (χ1) is 17.2. The van der Waals surface area contributed by atoms with Gasteiger partial charge in [-0.3, -0.25) is 9.59 Å². The average molecular weight is 511 g/mol. The molecule has 0 unspecified atom stereocenters. The van der Waals surface area contributed by atoms with Gasteiger partial charge in [-0.1, -0.05) is 24.3 Å². The summed E-state index contributed by atoms with van der Waals surface area (Å²) in [4.78, 5) is 30.1. The van der Waals surface area contributed by atoms with Crippen LogP contribution in [-0.2, 0) is 21.1 Å². The molecule has 1 aromatic heterocycles. The molecule has 8 nitrogen and oxygen atoms in total. The molecule has 0 bridgehead atoms. The number of methoxy groups -OCH3 is 1. The van der Waals surface area contributed by atoms with Gasteiger partial charge in [0.2, 0.25) is 5.91 Å². The topological polar surface area (TPSA) is 97.1 Å². The van der Waals surface area contributed by atoms with Crippen LogP contribution in [-0.4, -0.2) is 69.6 Å². The van der Waals surface area contributed by atoms with Crippen LogP contribution >= 0.6 is 0 Å². The maximum absolute atomic E-state index is 13.1. The van der Waals surface area contributed by atoms with E-state index in [1.165, 1.54) is 6.26 Å². The highest BCUT2D eigenvalue weighted by Gasteiger charge is 2.43. The number of piperidine rings is 1. The van der Waals surface area contributed by atoms with Crippen molar-refractivity contribution >= 4 is 32.6 Å². The summed E-state index contributed by atoms with van der Waals surface area (Å²) in [5.74, 6) is 0.849. The van der Waals surface area contributed by atoms with Crippen molar-refractivity contribution in [2.24, 2.45) is 5.41 Å². The van der Waals surface area contributed by atoms with Gasteiger partial charge >= 0.3 is 0 Å². The fourth-order valence-corrected chi connectivity index (χ4v) is 5.97. The molecule has 36 heavy (non-hydrogen) atoms. The number of para-hydroxylation sites is 1. The molecule has 2 aliphatic rings. The van der Waals surface area contributed by atoms with Crippen molar-refractivity contribution in [2.45, 2.75) is 30.6 Å². The Balaban J connectivity index is 1.18. The first-order valence-corrected chi connectivity index (χ1v) is 14.0. The van der Waals surface area contributed by atoms with E-state index in [0.717, 1.165) is 30.2 Å². The lowest BCUT2D eigenvalue weighted by Gasteiger charge is -2.39. The van der Waals surface area contributed by atoms with Crippen LogP contribution < -0.4 is 4.74 Å². The number of carbonyl (C=O) groups excluding carboxylic acids is 2. The van der Waals surface area contributed by atoms with Crippen molar-refractivity contribution in [3.63, 3.8) is 0 Å². The molecule has 0 N–H and O–H groups in total. The van der Waals surface area contributed by atoms with Gasteiger partial charge in [0.25, 0.3) is 5.91 Å². The molecule has 0 radical (unpaired) electrons. The van der Waals surface area contributed by atoms with Gasteiger partial charge in [0.15, 0.2) is 26.9 Å². The Kier molecular flexibility index (Phi) is 6.28. The first kappa shape index (κ1) is 24.4. The molecule has 0 saturated carbocycles. The van der Waals surface area contributed by atoms with Gasteiger partial charge in [0.1, 0.15) is 0 Å². The van der Waals surface area contributed by atoms with Gasteiger partial charge in [-0.2, -0.15) is 0 Å². The maximum atomic E-state index is 13.1. The smallest absolute Gasteiger partial charge is 0.289 e. The van der Waals surface area contributed by atoms with Crippen LogP contribution in [0, 0.1) is 5.41 Å². The minimum atomic E-state index is -3.26. The Labute approximate surface area is 210 Å². The van der Waals surface area contributed by atoms with Gasteiger partial charge < -0.3 is 19.0 Å². The molecule has 3 heterocycles. The third-order valence-corrected chi connectivity index (χ3v) is 8.68. The van der Waals surface area contributed by atoms with Gasteiger partial charge in [-0.05, 0) is 54.5 Å². The van der Waals surface area contributed by atoms with Crippen LogP contribution in [0.2, 0.25) is 0 Å². The van der Waals surface area contributed by atoms with E-state index < -0.39 is 9.84 Å². The highest BCUT2D eigenvalue weighted by Crippen LogP contribution is 2.41. The van der Waals surface area contributed by atoms with Crippen LogP contribution in [0.1, 0.15) is 35.4 Å². The lowest BCUT2D eigenvalue weighted by molar-refractivity contribution is -0.130. The van der Waals surface area contributed by atoms with E-state index in [9.17, 15) is 18.0 Å². The zero-order chi connectivity index (χ0) is 25.5. The van der Waals surface area contributed by atoms with Crippen LogP contribution in [0.5, 0.6) is 5.75 Å². The summed E-state index contributed by atoms with van der Waals surface area (Å²) in [5.41, 5.74) is 1.41. The average Bonchev–Trinajstić information content (AvgIpc) is 3.49. The SMILES string of the molecule is COc1cccc2cc(C(=O)N3CCC4(CCN(C(=O)Cc5ccc(S(C)(=O)=O)cc5)C4)CC3)oc12. The molecular formula is C27H30N2O6S. The number of likely N-dealkylation sites (tertiary alicyclic amines) is 2. The normalized spacial score (nSPS) is 17.6. The molecule has 2 amide bonds. The van der Waals surface area contributed by atoms with Crippen LogP contribution in [0.4, 0.5) is 0 Å². The van der Waals surface area contributed by atoms with E-state index in [0.29, 0.717) is 43.3 Å². The number of hydrogen-bond acceptors (Lipinski definition) is 6. The highest BCUT2D eigenvalue weighted by molar-refractivity contribution is 7.90. The second-order valence-corrected chi connectivity index (χ2v) is 12.0. The van der Waals surface area contributed by atoms with Crippen LogP contribution in [0.15, 0.2) is 57.8 Å². The predicted octanol–water partition coefficient (Wildman–Crippen LogP) is 3.54. The molecule has 2 aliphatic heterocycles. The number of sulfone groups is 1. The zero-order valence-corrected chi connectivity index (χ0v) is 21.3. The number of rotatable bonds is 5. The molecule has 2 saturated heterocycles. The number of carbonyl (C=O) groups is 2. The summed E-state index contributed by atoms with van der Waals surface area (Å²) in [5, 5.41) is 0.835. The van der Waals surface area contributed by atoms with Crippen LogP contribution in [0.25, 0.3) is 11.0 Å². The molecule has 3 aromatic rings. The Bertz CT molecular complexity index is 1400. The van der Waals surface area contributed by atoms with Crippen molar-refractivity contribution in [2.75, 3.05) is 39.5 Å². The molecule has 190 valence electrons. The van der Waals surface area contributed by atoms with E-state index >= 15 is 0 Å². The molecule has 2 aromatic carbocycles. The zero-order valence-electron chi connectivity index (χ0n) is 20.5. The standard InChI is InChI=1S/C27H30N2O6S/c1-34-22-5-3-4-20-17-23(35-25(20)22)26(31)28-13-10-27(11-14-28)12-15-29(18-27)24(30)16-19-6-8-21(9-7-19)36(2,32)33/h3-9,17H,10-16,18H2,1-2H3. The van der Waals surface area contributed by atoms with Gasteiger partial charge in [-0.25, -0.2) is 8.42 Å². The predicted molar refractivity (Wildman–Crippen MR) is 135 cm³/mol. The molecular weight excluding hydrogens is 480 g/mol. The number of furan rings is 1. The Morgan fingerprint density at radius 3 is 2.31 bits per heavy atom. The van der Waals surface area contributed by atoms with Crippen LogP contribution in [0.3, 0.4) is 0 Å². The number of hydrogen-bond donors (Lipinski definition) is 0. The lowest BCUT2D eigenvalue weighted by atomic mass is 9.77. The molecule has 0 aliphatic carbocycles. The highest BCUT2D eigenvalue weighted by atomic mass is 32.2. The quantitative estimate of drug-likeness (QED) is 0.521. The van der Waals surface area contributed by atoms with E-state index in [2.05, 4.69) is 0 Å². The maximum Gasteiger partial charge on any atom is 0.289 e. The third kappa shape index (κ3) is 4.72. The van der Waals surface area contributed by atoms with Crippen molar-refractivity contribution < 1.29 is 27.2 Å². The second kappa shape index (κ2) is 9.28. The van der Waals surface area contributed by atoms with Gasteiger partial charge in [-0.15, -0.1) is 0 Å². The second-order valence-electron chi connectivity index (χ2n) is 9.94. The molecule has 1 spiro atoms. The molecule has 9 heteroatoms. The van der Waals surface area contributed by atoms with Crippen molar-refractivity contribution in [3.8, 4) is 5.75 Å². The summed E-state index contributed by atoms with van der Waals surface area (Å²) in [7, 11) is -1.68. The van der Waals surface area contributed by atoms with E-state index in [4.69, 9.17) is 9.15 Å². The lowest BCUT2D eigenvalue weighted by Crippen LogP contribution is -2.44. The number of benzene rings is 2. The van der Waals surface area contributed by atoms with Crippen molar-refractivity contribution in [1.82, 2.24) is 9.80 Å². The molecule has 0 atom stereocenters. The summed E-state index contributed by atoms with van der Waals surface area (Å²) >= 11 is 0. The fraction of sp³-hybridized carbons (Fsp3) is 0.407. The largest absolute Gasteiger partial charge is 0.493 e.